The van der Waals surface area contributed by atoms with Gasteiger partial charge in [-0.2, -0.15) is 0 Å². The molecule has 0 aromatic carbocycles. The molecule has 1 aliphatic rings. The highest BCUT2D eigenvalue weighted by Gasteiger charge is 2.25. The van der Waals surface area contributed by atoms with Crippen molar-refractivity contribution in [3.63, 3.8) is 0 Å². The summed E-state index contributed by atoms with van der Waals surface area (Å²) in [5.41, 5.74) is 5.70. The monoisotopic (exact) mass is 224 g/mol. The van der Waals surface area contributed by atoms with Gasteiger partial charge in [0.15, 0.2) is 0 Å². The molecular weight excluding hydrogens is 204 g/mol. The van der Waals surface area contributed by atoms with E-state index in [1.54, 1.807) is 0 Å². The number of rotatable bonds is 4. The van der Waals surface area contributed by atoms with Gasteiger partial charge >= 0.3 is 0 Å². The molecule has 1 unspecified atom stereocenters. The lowest BCUT2D eigenvalue weighted by atomic mass is 10.1. The largest absolute Gasteiger partial charge is 0.344 e. The van der Waals surface area contributed by atoms with Crippen molar-refractivity contribution < 1.29 is 4.79 Å². The summed E-state index contributed by atoms with van der Waals surface area (Å²) in [6.45, 7) is 4.02. The van der Waals surface area contributed by atoms with Crippen molar-refractivity contribution in [3.8, 4) is 12.3 Å². The molecular formula is C11H20N4O. The summed E-state index contributed by atoms with van der Waals surface area (Å²) in [4.78, 5) is 15.9. The zero-order valence-corrected chi connectivity index (χ0v) is 9.78. The van der Waals surface area contributed by atoms with E-state index in [0.29, 0.717) is 19.6 Å². The third-order valence-electron chi connectivity index (χ3n) is 2.81. The second-order valence-electron chi connectivity index (χ2n) is 4.10. The molecule has 3 N–H and O–H groups in total. The summed E-state index contributed by atoms with van der Waals surface area (Å²) in [5.74, 6) is 2.36. The molecule has 1 amide bonds. The smallest absolute Gasteiger partial charge is 0.234 e. The van der Waals surface area contributed by atoms with Gasteiger partial charge in [0, 0.05) is 32.2 Å². The van der Waals surface area contributed by atoms with Crippen LogP contribution < -0.4 is 11.1 Å². The third-order valence-corrected chi connectivity index (χ3v) is 2.81. The molecule has 0 aliphatic carbocycles. The van der Waals surface area contributed by atoms with E-state index in [4.69, 9.17) is 12.2 Å². The minimum Gasteiger partial charge on any atom is -0.344 e. The number of terminal acetylenes is 1. The molecule has 0 aromatic heterocycles. The fourth-order valence-corrected chi connectivity index (χ4v) is 1.87. The first-order valence-corrected chi connectivity index (χ1v) is 5.50. The van der Waals surface area contributed by atoms with Gasteiger partial charge < -0.3 is 16.0 Å². The van der Waals surface area contributed by atoms with Gasteiger partial charge in [0.2, 0.25) is 5.91 Å². The Morgan fingerprint density at radius 1 is 1.62 bits per heavy atom. The summed E-state index contributed by atoms with van der Waals surface area (Å²) in [7, 11) is 2.07. The molecule has 90 valence electrons. The molecule has 1 rings (SSSR count). The normalized spacial score (nSPS) is 22.7. The van der Waals surface area contributed by atoms with Crippen LogP contribution in [0.1, 0.15) is 0 Å². The van der Waals surface area contributed by atoms with Gasteiger partial charge in [-0.1, -0.05) is 5.92 Å². The maximum atomic E-state index is 11.5. The van der Waals surface area contributed by atoms with Crippen molar-refractivity contribution in [2.75, 3.05) is 46.3 Å². The zero-order valence-electron chi connectivity index (χ0n) is 9.78. The first-order valence-electron chi connectivity index (χ1n) is 5.50. The highest BCUT2D eigenvalue weighted by molar-refractivity contribution is 5.78. The van der Waals surface area contributed by atoms with E-state index in [2.05, 4.69) is 28.1 Å². The maximum absolute atomic E-state index is 11.5. The number of likely N-dealkylation sites (N-methyl/N-ethyl adjacent to an activating group) is 1. The fourth-order valence-electron chi connectivity index (χ4n) is 1.87. The second kappa shape index (κ2) is 6.48. The van der Waals surface area contributed by atoms with Gasteiger partial charge in [0.25, 0.3) is 0 Å². The molecule has 0 bridgehead atoms. The number of nitrogens with zero attached hydrogens (tertiary/aromatic N) is 2. The van der Waals surface area contributed by atoms with Crippen LogP contribution in [-0.2, 0) is 4.79 Å². The highest BCUT2D eigenvalue weighted by Crippen LogP contribution is 2.06. The van der Waals surface area contributed by atoms with Gasteiger partial charge in [-0.05, 0) is 7.05 Å². The molecule has 0 spiro atoms. The second-order valence-corrected chi connectivity index (χ2v) is 4.10. The number of nitrogens with two attached hydrogens (primary N) is 1. The first kappa shape index (κ1) is 13.0. The lowest BCUT2D eigenvalue weighted by molar-refractivity contribution is -0.123. The minimum absolute atomic E-state index is 0.0269. The van der Waals surface area contributed by atoms with Crippen LogP contribution in [0.25, 0.3) is 0 Å². The Labute approximate surface area is 97.0 Å². The average molecular weight is 224 g/mol. The van der Waals surface area contributed by atoms with Crippen LogP contribution in [0.5, 0.6) is 0 Å². The van der Waals surface area contributed by atoms with Crippen LogP contribution in [0.4, 0.5) is 0 Å². The Hall–Kier alpha value is -1.09. The van der Waals surface area contributed by atoms with Gasteiger partial charge in [-0.3, -0.25) is 9.69 Å². The Kier molecular flexibility index (Phi) is 5.26. The predicted octanol–water partition coefficient (Wildman–Crippen LogP) is -1.69. The van der Waals surface area contributed by atoms with Crippen LogP contribution >= 0.6 is 0 Å². The standard InChI is InChI=1S/C11H20N4O/c1-3-4-13-11(16)9-15-6-5-14(2)8-10(15)7-12/h1,10H,4-9,12H2,2H3,(H,13,16). The van der Waals surface area contributed by atoms with E-state index in [1.165, 1.54) is 0 Å². The summed E-state index contributed by atoms with van der Waals surface area (Å²) in [6, 6.07) is 0.260. The summed E-state index contributed by atoms with van der Waals surface area (Å²) < 4.78 is 0. The van der Waals surface area contributed by atoms with Crippen molar-refractivity contribution in [1.29, 1.82) is 0 Å². The Morgan fingerprint density at radius 2 is 2.38 bits per heavy atom. The summed E-state index contributed by atoms with van der Waals surface area (Å²) in [6.07, 6.45) is 5.08. The van der Waals surface area contributed by atoms with E-state index in [1.807, 2.05) is 0 Å². The van der Waals surface area contributed by atoms with E-state index in [-0.39, 0.29) is 11.9 Å². The number of nitrogens with one attached hydrogen (secondary N) is 1. The van der Waals surface area contributed by atoms with Crippen molar-refractivity contribution in [2.45, 2.75) is 6.04 Å². The predicted molar refractivity (Wildman–Crippen MR) is 63.8 cm³/mol. The molecule has 5 heteroatoms. The van der Waals surface area contributed by atoms with Crippen molar-refractivity contribution in [2.24, 2.45) is 5.73 Å². The molecule has 1 atom stereocenters. The Balaban J connectivity index is 2.40. The molecule has 0 aromatic rings. The zero-order chi connectivity index (χ0) is 12.0. The molecule has 1 aliphatic heterocycles. The molecule has 1 saturated heterocycles. The van der Waals surface area contributed by atoms with Gasteiger partial charge in [0.1, 0.15) is 0 Å². The SMILES string of the molecule is C#CCNC(=O)CN1CCN(C)CC1CN. The first-order chi connectivity index (χ1) is 7.67. The number of carbonyl (C=O) groups is 1. The van der Waals surface area contributed by atoms with Crippen LogP contribution in [0, 0.1) is 12.3 Å². The minimum atomic E-state index is -0.0269. The van der Waals surface area contributed by atoms with E-state index in [0.717, 1.165) is 19.6 Å². The van der Waals surface area contributed by atoms with Crippen LogP contribution in [0.3, 0.4) is 0 Å². The van der Waals surface area contributed by atoms with Crippen molar-refractivity contribution in [3.05, 3.63) is 0 Å². The lowest BCUT2D eigenvalue weighted by Gasteiger charge is -2.38. The van der Waals surface area contributed by atoms with E-state index >= 15 is 0 Å². The molecule has 0 radical (unpaired) electrons. The molecule has 1 fully saturated rings. The molecule has 16 heavy (non-hydrogen) atoms. The molecule has 5 nitrogen and oxygen atoms in total. The molecule has 0 saturated carbocycles. The quantitative estimate of drug-likeness (QED) is 0.559. The van der Waals surface area contributed by atoms with Crippen molar-refractivity contribution in [1.82, 2.24) is 15.1 Å². The van der Waals surface area contributed by atoms with Gasteiger partial charge in [0.05, 0.1) is 13.1 Å². The lowest BCUT2D eigenvalue weighted by Crippen LogP contribution is -2.56. The van der Waals surface area contributed by atoms with Crippen LogP contribution in [0.15, 0.2) is 0 Å². The number of piperazine rings is 1. The Morgan fingerprint density at radius 3 is 3.00 bits per heavy atom. The van der Waals surface area contributed by atoms with Gasteiger partial charge in [-0.25, -0.2) is 0 Å². The number of carbonyl (C=O) groups excluding carboxylic acids is 1. The van der Waals surface area contributed by atoms with E-state index in [9.17, 15) is 4.79 Å². The number of hydrogen-bond donors (Lipinski definition) is 2. The summed E-state index contributed by atoms with van der Waals surface area (Å²) >= 11 is 0. The Bertz CT molecular complexity index is 274. The number of amides is 1. The van der Waals surface area contributed by atoms with E-state index < -0.39 is 0 Å². The third kappa shape index (κ3) is 3.81. The van der Waals surface area contributed by atoms with Crippen LogP contribution in [0.2, 0.25) is 0 Å². The van der Waals surface area contributed by atoms with Crippen LogP contribution in [-0.4, -0.2) is 68.1 Å². The summed E-state index contributed by atoms with van der Waals surface area (Å²) in [5, 5.41) is 2.66. The van der Waals surface area contributed by atoms with Crippen molar-refractivity contribution >= 4 is 5.91 Å². The van der Waals surface area contributed by atoms with Gasteiger partial charge in [-0.15, -0.1) is 6.42 Å². The fraction of sp³-hybridized carbons (Fsp3) is 0.727. The maximum Gasteiger partial charge on any atom is 0.234 e. The highest BCUT2D eigenvalue weighted by atomic mass is 16.2. The topological polar surface area (TPSA) is 61.6 Å². The average Bonchev–Trinajstić information content (AvgIpc) is 2.28. The molecule has 1 heterocycles. The number of hydrogen-bond acceptors (Lipinski definition) is 4.